The molecule has 0 aliphatic carbocycles. The Kier molecular flexibility index (Phi) is 5.95. The van der Waals surface area contributed by atoms with Crippen LogP contribution in [0.2, 0.25) is 0 Å². The number of unbranched alkanes of at least 4 members (excludes halogenated alkanes) is 2. The van der Waals surface area contributed by atoms with E-state index in [1.807, 2.05) is 0 Å². The third-order valence-corrected chi connectivity index (χ3v) is 4.44. The van der Waals surface area contributed by atoms with Gasteiger partial charge in [-0.3, -0.25) is 0 Å². The summed E-state index contributed by atoms with van der Waals surface area (Å²) in [4.78, 5) is 0. The van der Waals surface area contributed by atoms with E-state index in [-0.39, 0.29) is 0 Å². The molecule has 1 aliphatic rings. The van der Waals surface area contributed by atoms with Crippen molar-refractivity contribution in [3.63, 3.8) is 0 Å². The first kappa shape index (κ1) is 12.4. The molecular weight excluding hydrogens is 190 g/mol. The van der Waals surface area contributed by atoms with Gasteiger partial charge in [-0.25, -0.2) is 0 Å². The third-order valence-electron chi connectivity index (χ3n) is 3.12. The molecule has 1 fully saturated rings. The van der Waals surface area contributed by atoms with Gasteiger partial charge >= 0.3 is 0 Å². The average molecular weight is 215 g/mol. The van der Waals surface area contributed by atoms with Gasteiger partial charge in [-0.2, -0.15) is 11.8 Å². The molecule has 2 heteroatoms. The highest BCUT2D eigenvalue weighted by molar-refractivity contribution is 8.00. The molecule has 3 atom stereocenters. The lowest BCUT2D eigenvalue weighted by molar-refractivity contribution is 0.414. The van der Waals surface area contributed by atoms with E-state index in [2.05, 4.69) is 37.8 Å². The highest BCUT2D eigenvalue weighted by Gasteiger charge is 2.24. The monoisotopic (exact) mass is 215 g/mol. The zero-order chi connectivity index (χ0) is 10.4. The number of hydrogen-bond donors (Lipinski definition) is 1. The molecule has 1 aliphatic heterocycles. The minimum atomic E-state index is 0.715. The van der Waals surface area contributed by atoms with Gasteiger partial charge < -0.3 is 5.32 Å². The second-order valence-electron chi connectivity index (χ2n) is 4.53. The van der Waals surface area contributed by atoms with Crippen LogP contribution >= 0.6 is 11.8 Å². The van der Waals surface area contributed by atoms with Crippen LogP contribution in [-0.2, 0) is 0 Å². The molecule has 0 bridgehead atoms. The molecule has 1 saturated heterocycles. The Morgan fingerprint density at radius 1 is 1.43 bits per heavy atom. The van der Waals surface area contributed by atoms with Crippen LogP contribution in [0.5, 0.6) is 0 Å². The average Bonchev–Trinajstić information content (AvgIpc) is 2.52. The van der Waals surface area contributed by atoms with Crippen LogP contribution in [-0.4, -0.2) is 23.1 Å². The second kappa shape index (κ2) is 6.73. The SMILES string of the molecule is CCCCCC(C)NC1CCSC1C. The molecule has 84 valence electrons. The van der Waals surface area contributed by atoms with E-state index in [0.717, 1.165) is 11.3 Å². The summed E-state index contributed by atoms with van der Waals surface area (Å²) in [6.07, 6.45) is 6.83. The summed E-state index contributed by atoms with van der Waals surface area (Å²) in [5.74, 6) is 1.35. The van der Waals surface area contributed by atoms with Crippen molar-refractivity contribution in [2.75, 3.05) is 5.75 Å². The van der Waals surface area contributed by atoms with Gasteiger partial charge in [-0.1, -0.05) is 33.1 Å². The molecule has 0 spiro atoms. The van der Waals surface area contributed by atoms with Crippen molar-refractivity contribution in [1.82, 2.24) is 5.32 Å². The Bertz CT molecular complexity index is 149. The molecule has 1 N–H and O–H groups in total. The second-order valence-corrected chi connectivity index (χ2v) is 6.02. The summed E-state index contributed by atoms with van der Waals surface area (Å²) in [6, 6.07) is 1.49. The Hall–Kier alpha value is 0.310. The van der Waals surface area contributed by atoms with E-state index >= 15 is 0 Å². The Morgan fingerprint density at radius 3 is 2.79 bits per heavy atom. The lowest BCUT2D eigenvalue weighted by Gasteiger charge is -2.22. The van der Waals surface area contributed by atoms with Gasteiger partial charge in [0.2, 0.25) is 0 Å². The summed E-state index contributed by atoms with van der Waals surface area (Å²) in [5, 5.41) is 4.59. The maximum absolute atomic E-state index is 3.77. The zero-order valence-electron chi connectivity index (χ0n) is 9.88. The van der Waals surface area contributed by atoms with E-state index in [1.165, 1.54) is 37.9 Å². The normalized spacial score (nSPS) is 29.4. The van der Waals surface area contributed by atoms with Crippen LogP contribution < -0.4 is 5.32 Å². The predicted molar refractivity (Wildman–Crippen MR) is 67.1 cm³/mol. The molecule has 1 nitrogen and oxygen atoms in total. The summed E-state index contributed by atoms with van der Waals surface area (Å²) >= 11 is 2.11. The van der Waals surface area contributed by atoms with Crippen LogP contribution in [0.4, 0.5) is 0 Å². The van der Waals surface area contributed by atoms with Gasteiger partial charge in [0.1, 0.15) is 0 Å². The summed E-state index contributed by atoms with van der Waals surface area (Å²) in [7, 11) is 0. The van der Waals surface area contributed by atoms with E-state index in [4.69, 9.17) is 0 Å². The van der Waals surface area contributed by atoms with Gasteiger partial charge in [0.25, 0.3) is 0 Å². The topological polar surface area (TPSA) is 12.0 Å². The van der Waals surface area contributed by atoms with Crippen molar-refractivity contribution in [2.45, 2.75) is 70.2 Å². The van der Waals surface area contributed by atoms with Crippen LogP contribution in [0, 0.1) is 0 Å². The first-order valence-corrected chi connectivity index (χ1v) is 7.16. The molecule has 0 aromatic rings. The van der Waals surface area contributed by atoms with Gasteiger partial charge in [0.15, 0.2) is 0 Å². The van der Waals surface area contributed by atoms with E-state index in [9.17, 15) is 0 Å². The fourth-order valence-electron chi connectivity index (χ4n) is 2.10. The van der Waals surface area contributed by atoms with Crippen molar-refractivity contribution in [1.29, 1.82) is 0 Å². The zero-order valence-corrected chi connectivity index (χ0v) is 10.7. The van der Waals surface area contributed by atoms with Gasteiger partial charge in [-0.05, 0) is 25.5 Å². The van der Waals surface area contributed by atoms with E-state index < -0.39 is 0 Å². The molecule has 1 rings (SSSR count). The molecule has 0 saturated carbocycles. The number of nitrogens with one attached hydrogen (secondary N) is 1. The first-order chi connectivity index (χ1) is 6.74. The maximum atomic E-state index is 3.77. The minimum absolute atomic E-state index is 0.715. The highest BCUT2D eigenvalue weighted by Crippen LogP contribution is 2.26. The fourth-order valence-corrected chi connectivity index (χ4v) is 3.31. The largest absolute Gasteiger partial charge is 0.310 e. The van der Waals surface area contributed by atoms with Crippen molar-refractivity contribution in [3.05, 3.63) is 0 Å². The molecule has 0 amide bonds. The summed E-state index contributed by atoms with van der Waals surface area (Å²) in [5.41, 5.74) is 0. The van der Waals surface area contributed by atoms with Gasteiger partial charge in [-0.15, -0.1) is 0 Å². The smallest absolute Gasteiger partial charge is 0.0194 e. The van der Waals surface area contributed by atoms with Crippen molar-refractivity contribution >= 4 is 11.8 Å². The van der Waals surface area contributed by atoms with Crippen LogP contribution in [0.25, 0.3) is 0 Å². The lowest BCUT2D eigenvalue weighted by atomic mass is 10.1. The van der Waals surface area contributed by atoms with Crippen LogP contribution in [0.15, 0.2) is 0 Å². The highest BCUT2D eigenvalue weighted by atomic mass is 32.2. The van der Waals surface area contributed by atoms with E-state index in [0.29, 0.717) is 6.04 Å². The Morgan fingerprint density at radius 2 is 2.21 bits per heavy atom. The summed E-state index contributed by atoms with van der Waals surface area (Å²) < 4.78 is 0. The minimum Gasteiger partial charge on any atom is -0.310 e. The lowest BCUT2D eigenvalue weighted by Crippen LogP contribution is -2.39. The number of thioether (sulfide) groups is 1. The first-order valence-electron chi connectivity index (χ1n) is 6.11. The molecule has 1 heterocycles. The van der Waals surface area contributed by atoms with Crippen molar-refractivity contribution < 1.29 is 0 Å². The molecular formula is C12H25NS. The maximum Gasteiger partial charge on any atom is 0.0194 e. The molecule has 3 unspecified atom stereocenters. The van der Waals surface area contributed by atoms with Crippen molar-refractivity contribution in [3.8, 4) is 0 Å². The fraction of sp³-hybridized carbons (Fsp3) is 1.00. The van der Waals surface area contributed by atoms with Crippen molar-refractivity contribution in [2.24, 2.45) is 0 Å². The number of hydrogen-bond acceptors (Lipinski definition) is 2. The quantitative estimate of drug-likeness (QED) is 0.681. The van der Waals surface area contributed by atoms with E-state index in [1.54, 1.807) is 0 Å². The predicted octanol–water partition coefficient (Wildman–Crippen LogP) is 3.44. The standard InChI is InChI=1S/C12H25NS/c1-4-5-6-7-10(2)13-12-8-9-14-11(12)3/h10-13H,4-9H2,1-3H3. The Balaban J connectivity index is 2.09. The molecule has 0 aromatic heterocycles. The molecule has 14 heavy (non-hydrogen) atoms. The van der Waals surface area contributed by atoms with Gasteiger partial charge in [0, 0.05) is 17.3 Å². The third kappa shape index (κ3) is 4.22. The van der Waals surface area contributed by atoms with Crippen LogP contribution in [0.1, 0.15) is 52.9 Å². The number of rotatable bonds is 6. The molecule has 0 aromatic carbocycles. The van der Waals surface area contributed by atoms with Gasteiger partial charge in [0.05, 0.1) is 0 Å². The Labute approximate surface area is 93.4 Å². The van der Waals surface area contributed by atoms with Crippen LogP contribution in [0.3, 0.4) is 0 Å². The molecule has 0 radical (unpaired) electrons. The summed E-state index contributed by atoms with van der Waals surface area (Å²) in [6.45, 7) is 6.97.